The molecular formula is C21H26N2O2. The molecule has 1 spiro atoms. The van der Waals surface area contributed by atoms with Crippen molar-refractivity contribution in [2.24, 2.45) is 11.3 Å². The fraction of sp³-hybridized carbons (Fsp3) is 0.571. The van der Waals surface area contributed by atoms with Gasteiger partial charge in [0.05, 0.1) is 19.1 Å². The Balaban J connectivity index is 1.75. The third-order valence-electron chi connectivity index (χ3n) is 7.46. The minimum absolute atomic E-state index is 0.00840. The van der Waals surface area contributed by atoms with E-state index >= 15 is 0 Å². The molecule has 25 heavy (non-hydrogen) atoms. The molecule has 5 rings (SSSR count). The second-order valence-corrected chi connectivity index (χ2v) is 8.18. The van der Waals surface area contributed by atoms with E-state index in [-0.39, 0.29) is 28.8 Å². The highest BCUT2D eigenvalue weighted by Crippen LogP contribution is 2.64. The van der Waals surface area contributed by atoms with Gasteiger partial charge in [-0.05, 0) is 37.4 Å². The average Bonchev–Trinajstić information content (AvgIpc) is 3.21. The van der Waals surface area contributed by atoms with Crippen molar-refractivity contribution in [3.05, 3.63) is 42.0 Å². The molecule has 2 fully saturated rings. The van der Waals surface area contributed by atoms with E-state index in [1.54, 1.807) is 0 Å². The number of rotatable bonds is 2. The van der Waals surface area contributed by atoms with Crippen LogP contribution in [0, 0.1) is 11.3 Å². The summed E-state index contributed by atoms with van der Waals surface area (Å²) in [4.78, 5) is 15.4. The third kappa shape index (κ3) is 1.74. The van der Waals surface area contributed by atoms with Gasteiger partial charge in [-0.1, -0.05) is 37.3 Å². The van der Waals surface area contributed by atoms with Crippen LogP contribution < -0.4 is 5.32 Å². The predicted octanol–water partition coefficient (Wildman–Crippen LogP) is 2.95. The van der Waals surface area contributed by atoms with Gasteiger partial charge >= 0.3 is 5.97 Å². The first kappa shape index (κ1) is 15.4. The Kier molecular flexibility index (Phi) is 3.15. The topological polar surface area (TPSA) is 41.6 Å². The van der Waals surface area contributed by atoms with Crippen LogP contribution in [0.5, 0.6) is 0 Å². The number of benzene rings is 1. The largest absolute Gasteiger partial charge is 0.469 e. The van der Waals surface area contributed by atoms with E-state index in [4.69, 9.17) is 4.74 Å². The highest BCUT2D eigenvalue weighted by Gasteiger charge is 2.69. The lowest BCUT2D eigenvalue weighted by Crippen LogP contribution is -2.66. The highest BCUT2D eigenvalue weighted by molar-refractivity contribution is 5.78. The van der Waals surface area contributed by atoms with Crippen molar-refractivity contribution in [1.82, 2.24) is 4.90 Å². The minimum atomic E-state index is -0.101. The molecule has 0 aromatic heterocycles. The molecule has 3 aliphatic heterocycles. The van der Waals surface area contributed by atoms with Crippen LogP contribution in [0.4, 0.5) is 5.69 Å². The summed E-state index contributed by atoms with van der Waals surface area (Å²) in [6.07, 6.45) is 7.80. The van der Waals surface area contributed by atoms with Crippen molar-refractivity contribution in [3.8, 4) is 0 Å². The Morgan fingerprint density at radius 3 is 3.04 bits per heavy atom. The van der Waals surface area contributed by atoms with Gasteiger partial charge in [0, 0.05) is 29.1 Å². The highest BCUT2D eigenvalue weighted by atomic mass is 16.5. The smallest absolute Gasteiger partial charge is 0.310 e. The van der Waals surface area contributed by atoms with E-state index in [0.717, 1.165) is 32.4 Å². The molecule has 1 saturated heterocycles. The molecule has 0 bridgehead atoms. The van der Waals surface area contributed by atoms with Crippen molar-refractivity contribution in [1.29, 1.82) is 0 Å². The number of nitrogens with zero attached hydrogens (tertiary/aromatic N) is 1. The molecule has 1 saturated carbocycles. The Hall–Kier alpha value is -1.81. The molecule has 5 unspecified atom stereocenters. The fourth-order valence-electron chi connectivity index (χ4n) is 6.59. The number of carbonyl (C=O) groups excluding carboxylic acids is 1. The predicted molar refractivity (Wildman–Crippen MR) is 97.5 cm³/mol. The second-order valence-electron chi connectivity index (χ2n) is 8.18. The van der Waals surface area contributed by atoms with Gasteiger partial charge in [-0.15, -0.1) is 0 Å². The lowest BCUT2D eigenvalue weighted by atomic mass is 9.51. The van der Waals surface area contributed by atoms with Gasteiger partial charge in [-0.25, -0.2) is 0 Å². The summed E-state index contributed by atoms with van der Waals surface area (Å²) < 4.78 is 5.25. The van der Waals surface area contributed by atoms with E-state index in [1.165, 1.54) is 18.4 Å². The summed E-state index contributed by atoms with van der Waals surface area (Å²) in [7, 11) is 1.53. The average molecular weight is 338 g/mol. The monoisotopic (exact) mass is 338 g/mol. The number of methoxy groups -OCH3 is 1. The zero-order valence-electron chi connectivity index (χ0n) is 15.0. The van der Waals surface area contributed by atoms with Crippen LogP contribution in [0.25, 0.3) is 0 Å². The Bertz CT molecular complexity index is 760. The summed E-state index contributed by atoms with van der Waals surface area (Å²) in [5.74, 6) is -0.162. The van der Waals surface area contributed by atoms with Gasteiger partial charge in [0.25, 0.3) is 0 Å². The Labute approximate surface area is 149 Å². The minimum Gasteiger partial charge on any atom is -0.469 e. The number of hydrogen-bond donors (Lipinski definition) is 1. The summed E-state index contributed by atoms with van der Waals surface area (Å²) >= 11 is 0. The van der Waals surface area contributed by atoms with E-state index in [9.17, 15) is 4.79 Å². The zero-order chi connectivity index (χ0) is 17.2. The molecule has 1 aromatic rings. The molecule has 1 aromatic carbocycles. The zero-order valence-corrected chi connectivity index (χ0v) is 15.0. The molecule has 1 N–H and O–H groups in total. The number of carbonyl (C=O) groups is 1. The molecule has 4 nitrogen and oxygen atoms in total. The molecule has 3 heterocycles. The van der Waals surface area contributed by atoms with Gasteiger partial charge in [-0.3, -0.25) is 9.69 Å². The fourth-order valence-corrected chi connectivity index (χ4v) is 6.59. The van der Waals surface area contributed by atoms with Crippen LogP contribution in [0.2, 0.25) is 0 Å². The van der Waals surface area contributed by atoms with Gasteiger partial charge in [0.1, 0.15) is 0 Å². The molecular weight excluding hydrogens is 312 g/mol. The van der Waals surface area contributed by atoms with E-state index in [0.29, 0.717) is 6.04 Å². The van der Waals surface area contributed by atoms with Gasteiger partial charge < -0.3 is 10.1 Å². The summed E-state index contributed by atoms with van der Waals surface area (Å²) in [6, 6.07) is 9.30. The van der Waals surface area contributed by atoms with Crippen molar-refractivity contribution in [3.63, 3.8) is 0 Å². The van der Waals surface area contributed by atoms with Crippen LogP contribution in [0.3, 0.4) is 0 Å². The number of hydrogen-bond acceptors (Lipinski definition) is 4. The van der Waals surface area contributed by atoms with Crippen molar-refractivity contribution in [2.75, 3.05) is 25.5 Å². The quantitative estimate of drug-likeness (QED) is 0.665. The first-order valence-corrected chi connectivity index (χ1v) is 9.52. The van der Waals surface area contributed by atoms with Crippen LogP contribution in [-0.4, -0.2) is 43.2 Å². The lowest BCUT2D eigenvalue weighted by molar-refractivity contribution is -0.151. The van der Waals surface area contributed by atoms with Crippen LogP contribution in [0.15, 0.2) is 36.4 Å². The van der Waals surface area contributed by atoms with E-state index < -0.39 is 0 Å². The number of fused-ring (bicyclic) bond motifs is 1. The third-order valence-corrected chi connectivity index (χ3v) is 7.46. The number of para-hydroxylation sites is 1. The summed E-state index contributed by atoms with van der Waals surface area (Å²) in [5.41, 5.74) is 2.69. The molecule has 132 valence electrons. The molecule has 4 heteroatoms. The van der Waals surface area contributed by atoms with Gasteiger partial charge in [0.15, 0.2) is 0 Å². The Morgan fingerprint density at radius 1 is 1.40 bits per heavy atom. The molecule has 0 radical (unpaired) electrons. The normalized spacial score (nSPS) is 40.8. The first-order chi connectivity index (χ1) is 12.2. The maximum Gasteiger partial charge on any atom is 0.310 e. The standard InChI is InChI=1S/C21H26N2O2/c1-3-20-9-6-11-23-12-10-21(19(20)23)15-7-4-5-8-16(15)22-17(21)14(13-20)18(24)25-2/h4-9,14,17,19,22H,3,10-13H2,1-2H3. The summed E-state index contributed by atoms with van der Waals surface area (Å²) in [5, 5.41) is 3.74. The second kappa shape index (κ2) is 5.10. The lowest BCUT2D eigenvalue weighted by Gasteiger charge is -2.57. The summed E-state index contributed by atoms with van der Waals surface area (Å²) in [6.45, 7) is 4.42. The number of nitrogens with one attached hydrogen (secondary N) is 1. The number of esters is 1. The van der Waals surface area contributed by atoms with Crippen molar-refractivity contribution in [2.45, 2.75) is 43.7 Å². The van der Waals surface area contributed by atoms with Crippen LogP contribution >= 0.6 is 0 Å². The SMILES string of the molecule is CCC12C=CCN3CCC4(c5ccccc5NC4C(C(=O)OC)C1)C32. The molecule has 4 aliphatic rings. The van der Waals surface area contributed by atoms with Crippen LogP contribution in [0.1, 0.15) is 31.7 Å². The Morgan fingerprint density at radius 2 is 2.24 bits per heavy atom. The van der Waals surface area contributed by atoms with E-state index in [2.05, 4.69) is 53.6 Å². The molecule has 0 amide bonds. The van der Waals surface area contributed by atoms with Gasteiger partial charge in [-0.2, -0.15) is 0 Å². The number of ether oxygens (including phenoxy) is 1. The van der Waals surface area contributed by atoms with Crippen molar-refractivity contribution < 1.29 is 9.53 Å². The number of anilines is 1. The van der Waals surface area contributed by atoms with Gasteiger partial charge in [0.2, 0.25) is 0 Å². The first-order valence-electron chi connectivity index (χ1n) is 9.52. The van der Waals surface area contributed by atoms with E-state index in [1.807, 2.05) is 0 Å². The maximum atomic E-state index is 12.8. The molecule has 5 atom stereocenters. The van der Waals surface area contributed by atoms with Crippen LogP contribution in [-0.2, 0) is 14.9 Å². The molecule has 1 aliphatic carbocycles. The maximum absolute atomic E-state index is 12.8. The van der Waals surface area contributed by atoms with Crippen molar-refractivity contribution >= 4 is 11.7 Å².